The van der Waals surface area contributed by atoms with Crippen molar-refractivity contribution in [2.45, 2.75) is 0 Å². The molecule has 0 unspecified atom stereocenters. The summed E-state index contributed by atoms with van der Waals surface area (Å²) in [6.45, 7) is 0. The summed E-state index contributed by atoms with van der Waals surface area (Å²) in [7, 11) is 0. The zero-order valence-corrected chi connectivity index (χ0v) is 4.70. The smallest absolute Gasteiger partial charge is 0.320 e. The van der Waals surface area contributed by atoms with E-state index in [-0.39, 0.29) is 12.4 Å². The molecule has 6 heteroatoms. The third kappa shape index (κ3) is 8.90. The zero-order valence-electron chi connectivity index (χ0n) is 3.88. The topological polar surface area (TPSA) is 98.2 Å². The lowest BCUT2D eigenvalue weighted by atomic mass is 10.9. The molecule has 0 aromatic heterocycles. The number of primary amides is 2. The Balaban J connectivity index is 0. The number of halogens is 1. The molecule has 0 bridgehead atoms. The summed E-state index contributed by atoms with van der Waals surface area (Å²) in [6, 6.07) is -1.88. The molecule has 0 radical (unpaired) electrons. The molecule has 0 aliphatic carbocycles. The number of urea groups is 2. The fourth-order valence-electron chi connectivity index (χ4n) is 0.121. The Morgan fingerprint density at radius 2 is 1.38 bits per heavy atom. The number of nitrogens with one attached hydrogen (secondary N) is 1. The van der Waals surface area contributed by atoms with Gasteiger partial charge in [0.15, 0.2) is 0 Å². The molecule has 5 N–H and O–H groups in total. The molecule has 0 saturated carbocycles. The molecule has 0 aliphatic rings. The van der Waals surface area contributed by atoms with E-state index in [1.54, 1.807) is 5.32 Å². The van der Waals surface area contributed by atoms with Crippen molar-refractivity contribution in [3.05, 3.63) is 0 Å². The van der Waals surface area contributed by atoms with Crippen LogP contribution < -0.4 is 16.8 Å². The summed E-state index contributed by atoms with van der Waals surface area (Å²) < 4.78 is 0. The number of rotatable bonds is 0. The highest BCUT2D eigenvalue weighted by Gasteiger charge is 1.92. The summed E-state index contributed by atoms with van der Waals surface area (Å²) in [6.07, 6.45) is 0. The Kier molecular flexibility index (Phi) is 5.30. The maximum Gasteiger partial charge on any atom is 0.320 e. The van der Waals surface area contributed by atoms with Gasteiger partial charge in [-0.3, -0.25) is 5.32 Å². The van der Waals surface area contributed by atoms with Gasteiger partial charge in [-0.05, 0) is 0 Å². The van der Waals surface area contributed by atoms with Crippen LogP contribution in [0, 0.1) is 0 Å². The minimum Gasteiger partial charge on any atom is -0.351 e. The Labute approximate surface area is 51.8 Å². The third-order valence-corrected chi connectivity index (χ3v) is 0.246. The summed E-state index contributed by atoms with van der Waals surface area (Å²) in [5.41, 5.74) is 8.88. The van der Waals surface area contributed by atoms with E-state index >= 15 is 0 Å². The number of hydrogen-bond donors (Lipinski definition) is 3. The van der Waals surface area contributed by atoms with Gasteiger partial charge in [0.25, 0.3) is 0 Å². The van der Waals surface area contributed by atoms with Gasteiger partial charge in [-0.2, -0.15) is 0 Å². The van der Waals surface area contributed by atoms with E-state index in [9.17, 15) is 9.59 Å². The number of carbonyl (C=O) groups excluding carboxylic acids is 2. The summed E-state index contributed by atoms with van der Waals surface area (Å²) in [5, 5.41) is 1.58. The van der Waals surface area contributed by atoms with Gasteiger partial charge < -0.3 is 11.5 Å². The molecule has 4 amide bonds. The third-order valence-electron chi connectivity index (χ3n) is 0.246. The van der Waals surface area contributed by atoms with Crippen LogP contribution in [0.5, 0.6) is 0 Å². The first-order valence-electron chi connectivity index (χ1n) is 1.49. The second-order valence-electron chi connectivity index (χ2n) is 0.854. The van der Waals surface area contributed by atoms with E-state index < -0.39 is 12.1 Å². The van der Waals surface area contributed by atoms with Crippen LogP contribution in [0.3, 0.4) is 0 Å². The van der Waals surface area contributed by atoms with E-state index in [0.717, 1.165) is 0 Å². The second kappa shape index (κ2) is 4.20. The largest absolute Gasteiger partial charge is 0.351 e. The predicted octanol–water partition coefficient (Wildman–Crippen LogP) is -0.845. The van der Waals surface area contributed by atoms with E-state index in [0.29, 0.717) is 0 Å². The van der Waals surface area contributed by atoms with Gasteiger partial charge in [0.2, 0.25) is 0 Å². The second-order valence-corrected chi connectivity index (χ2v) is 0.854. The van der Waals surface area contributed by atoms with Crippen molar-refractivity contribution >= 4 is 24.5 Å². The normalized spacial score (nSPS) is 6.50. The lowest BCUT2D eigenvalue weighted by Gasteiger charge is -1.88. The monoisotopic (exact) mass is 139 g/mol. The van der Waals surface area contributed by atoms with Crippen molar-refractivity contribution in [3.8, 4) is 0 Å². The van der Waals surface area contributed by atoms with E-state index in [2.05, 4.69) is 11.5 Å². The molecule has 0 aromatic carbocycles. The molecule has 0 rings (SSSR count). The molecular formula is C2H6ClN3O2. The van der Waals surface area contributed by atoms with Crippen molar-refractivity contribution in [1.82, 2.24) is 5.32 Å². The summed E-state index contributed by atoms with van der Waals surface area (Å²) in [4.78, 5) is 19.2. The Morgan fingerprint density at radius 3 is 1.38 bits per heavy atom. The van der Waals surface area contributed by atoms with E-state index in [4.69, 9.17) is 0 Å². The maximum absolute atomic E-state index is 9.62. The fourth-order valence-corrected chi connectivity index (χ4v) is 0.121. The van der Waals surface area contributed by atoms with Crippen LogP contribution in [-0.4, -0.2) is 12.1 Å². The Morgan fingerprint density at radius 1 is 1.12 bits per heavy atom. The molecule has 0 spiro atoms. The summed E-state index contributed by atoms with van der Waals surface area (Å²) in [5.74, 6) is 0. The molecule has 8 heavy (non-hydrogen) atoms. The zero-order chi connectivity index (χ0) is 5.86. The average Bonchev–Trinajstić information content (AvgIpc) is 1.27. The average molecular weight is 140 g/mol. The van der Waals surface area contributed by atoms with Gasteiger partial charge in [-0.25, -0.2) is 9.59 Å². The minimum atomic E-state index is -0.938. The van der Waals surface area contributed by atoms with Crippen LogP contribution in [0.1, 0.15) is 0 Å². The van der Waals surface area contributed by atoms with Crippen molar-refractivity contribution < 1.29 is 9.59 Å². The van der Waals surface area contributed by atoms with E-state index in [1.165, 1.54) is 0 Å². The lowest BCUT2D eigenvalue weighted by Crippen LogP contribution is -2.38. The molecule has 48 valence electrons. The Hall–Kier alpha value is -0.970. The van der Waals surface area contributed by atoms with Gasteiger partial charge in [0.1, 0.15) is 0 Å². The Bertz CT molecular complexity index is 91.5. The number of nitrogens with two attached hydrogens (primary N) is 2. The first-order chi connectivity index (χ1) is 3.13. The quantitative estimate of drug-likeness (QED) is 0.408. The lowest BCUT2D eigenvalue weighted by molar-refractivity contribution is 0.236. The SMILES string of the molecule is Cl.NC(=O)NC(N)=O. The van der Waals surface area contributed by atoms with Gasteiger partial charge in [0, 0.05) is 0 Å². The van der Waals surface area contributed by atoms with Crippen LogP contribution in [0.4, 0.5) is 9.59 Å². The van der Waals surface area contributed by atoms with Gasteiger partial charge >= 0.3 is 12.1 Å². The standard InChI is InChI=1S/C2H5N3O2.ClH/c3-1(6)5-2(4)7;/h(H5,3,4,5,6,7);1H. The highest BCUT2D eigenvalue weighted by atomic mass is 35.5. The first-order valence-corrected chi connectivity index (χ1v) is 1.49. The van der Waals surface area contributed by atoms with Crippen LogP contribution in [-0.2, 0) is 0 Å². The van der Waals surface area contributed by atoms with E-state index in [1.807, 2.05) is 0 Å². The molecule has 0 aliphatic heterocycles. The van der Waals surface area contributed by atoms with Crippen molar-refractivity contribution in [2.24, 2.45) is 11.5 Å². The molecule has 5 nitrogen and oxygen atoms in total. The molecule has 0 aromatic rings. The number of carbonyl (C=O) groups is 2. The molecule has 0 atom stereocenters. The minimum absolute atomic E-state index is 0. The predicted molar refractivity (Wildman–Crippen MR) is 29.6 cm³/mol. The number of imide groups is 1. The van der Waals surface area contributed by atoms with Crippen LogP contribution in [0.25, 0.3) is 0 Å². The van der Waals surface area contributed by atoms with Crippen molar-refractivity contribution in [3.63, 3.8) is 0 Å². The van der Waals surface area contributed by atoms with Crippen LogP contribution in [0.15, 0.2) is 0 Å². The van der Waals surface area contributed by atoms with Gasteiger partial charge in [0.05, 0.1) is 0 Å². The summed E-state index contributed by atoms with van der Waals surface area (Å²) >= 11 is 0. The highest BCUT2D eigenvalue weighted by Crippen LogP contribution is 1.51. The molecule has 0 fully saturated rings. The fraction of sp³-hybridized carbons (Fsp3) is 0. The number of amides is 4. The maximum atomic E-state index is 9.62. The molecular weight excluding hydrogens is 133 g/mol. The first kappa shape index (κ1) is 10.1. The van der Waals surface area contributed by atoms with Gasteiger partial charge in [-0.15, -0.1) is 12.4 Å². The molecule has 0 heterocycles. The van der Waals surface area contributed by atoms with Gasteiger partial charge in [-0.1, -0.05) is 0 Å². The van der Waals surface area contributed by atoms with Crippen molar-refractivity contribution in [1.29, 1.82) is 0 Å². The number of hydrogen-bond acceptors (Lipinski definition) is 2. The van der Waals surface area contributed by atoms with Crippen LogP contribution in [0.2, 0.25) is 0 Å². The van der Waals surface area contributed by atoms with Crippen LogP contribution >= 0.6 is 12.4 Å². The van der Waals surface area contributed by atoms with Crippen molar-refractivity contribution in [2.75, 3.05) is 0 Å². The molecule has 0 saturated heterocycles. The highest BCUT2D eigenvalue weighted by molar-refractivity contribution is 5.91.